The highest BCUT2D eigenvalue weighted by Gasteiger charge is 2.32. The average Bonchev–Trinajstić information content (AvgIpc) is 2.04. The van der Waals surface area contributed by atoms with Crippen molar-refractivity contribution in [3.8, 4) is 0 Å². The molecular formula is C7H12ClO4P. The number of hydrogen-bond donors (Lipinski definition) is 0. The first-order valence-corrected chi connectivity index (χ1v) is 5.66. The van der Waals surface area contributed by atoms with Gasteiger partial charge in [-0.3, -0.25) is 9.32 Å². The zero-order valence-corrected chi connectivity index (χ0v) is 9.39. The van der Waals surface area contributed by atoms with Crippen molar-refractivity contribution in [2.24, 2.45) is 0 Å². The zero-order chi connectivity index (χ0) is 10.5. The summed E-state index contributed by atoms with van der Waals surface area (Å²) < 4.78 is 21.1. The molecule has 0 saturated heterocycles. The van der Waals surface area contributed by atoms with Crippen LogP contribution < -0.4 is 0 Å². The van der Waals surface area contributed by atoms with Gasteiger partial charge in [0.05, 0.1) is 6.61 Å². The Balaban J connectivity index is 4.62. The number of carbonyl (C=O) groups excluding carboxylic acids is 1. The van der Waals surface area contributed by atoms with Crippen molar-refractivity contribution in [1.82, 2.24) is 0 Å². The molecule has 0 saturated carbocycles. The highest BCUT2D eigenvalue weighted by Crippen LogP contribution is 2.50. The normalized spacial score (nSPS) is 16.5. The molecule has 0 radical (unpaired) electrons. The van der Waals surface area contributed by atoms with E-state index in [1.54, 1.807) is 6.92 Å². The highest BCUT2D eigenvalue weighted by atomic mass is 35.5. The molecule has 0 aliphatic heterocycles. The fraction of sp³-hybridized carbons (Fsp3) is 0.571. The van der Waals surface area contributed by atoms with Crippen LogP contribution in [0.1, 0.15) is 20.8 Å². The molecule has 0 amide bonds. The van der Waals surface area contributed by atoms with E-state index in [1.807, 2.05) is 0 Å². The Kier molecular flexibility index (Phi) is 5.30. The third-order valence-electron chi connectivity index (χ3n) is 1.10. The Morgan fingerprint density at radius 1 is 1.54 bits per heavy atom. The van der Waals surface area contributed by atoms with Crippen LogP contribution in [0.5, 0.6) is 0 Å². The van der Waals surface area contributed by atoms with Crippen molar-refractivity contribution >= 4 is 24.7 Å². The largest absolute Gasteiger partial charge is 0.445 e. The van der Waals surface area contributed by atoms with Gasteiger partial charge in [-0.25, -0.2) is 4.57 Å². The van der Waals surface area contributed by atoms with Crippen molar-refractivity contribution in [2.45, 2.75) is 20.8 Å². The molecule has 0 bridgehead atoms. The summed E-state index contributed by atoms with van der Waals surface area (Å²) in [7, 11) is -3.66. The lowest BCUT2D eigenvalue weighted by Gasteiger charge is -2.15. The summed E-state index contributed by atoms with van der Waals surface area (Å²) in [5.74, 6) is 0.189. The van der Waals surface area contributed by atoms with Crippen LogP contribution in [0.3, 0.4) is 0 Å². The maximum absolute atomic E-state index is 11.6. The molecule has 0 aromatic carbocycles. The topological polar surface area (TPSA) is 52.6 Å². The van der Waals surface area contributed by atoms with Crippen LogP contribution in [0, 0.1) is 0 Å². The second-order valence-electron chi connectivity index (χ2n) is 2.25. The minimum Gasteiger partial charge on any atom is -0.423 e. The minimum absolute atomic E-state index is 0.145. The Bertz CT molecular complexity index is 261. The minimum atomic E-state index is -3.66. The van der Waals surface area contributed by atoms with Crippen LogP contribution in [-0.2, 0) is 18.4 Å². The summed E-state index contributed by atoms with van der Waals surface area (Å²) in [6.45, 7) is 4.41. The molecule has 0 fully saturated rings. The molecular weight excluding hydrogens is 214 g/mol. The third kappa shape index (κ3) is 3.94. The molecule has 0 aromatic heterocycles. The quantitative estimate of drug-likeness (QED) is 0.534. The van der Waals surface area contributed by atoms with Gasteiger partial charge in [0.25, 0.3) is 5.52 Å². The van der Waals surface area contributed by atoms with Crippen molar-refractivity contribution in [2.75, 3.05) is 6.61 Å². The second kappa shape index (κ2) is 5.43. The molecule has 1 atom stereocenters. The first-order valence-electron chi connectivity index (χ1n) is 3.68. The average molecular weight is 227 g/mol. The summed E-state index contributed by atoms with van der Waals surface area (Å²) in [4.78, 5) is 10.9. The van der Waals surface area contributed by atoms with Crippen LogP contribution in [0.4, 0.5) is 0 Å². The predicted octanol–water partition coefficient (Wildman–Crippen LogP) is 2.88. The van der Waals surface area contributed by atoms with Crippen LogP contribution in [-0.4, -0.2) is 12.1 Å². The first kappa shape index (κ1) is 12.7. The van der Waals surface area contributed by atoms with E-state index in [0.717, 1.165) is 12.5 Å². The van der Waals surface area contributed by atoms with Gasteiger partial charge >= 0.3 is 7.60 Å². The zero-order valence-electron chi connectivity index (χ0n) is 7.74. The van der Waals surface area contributed by atoms with Crippen molar-refractivity contribution in [3.63, 3.8) is 0 Å². The van der Waals surface area contributed by atoms with E-state index >= 15 is 0 Å². The van der Waals surface area contributed by atoms with E-state index in [4.69, 9.17) is 20.6 Å². The van der Waals surface area contributed by atoms with Crippen LogP contribution in [0.15, 0.2) is 11.3 Å². The molecule has 0 aliphatic rings. The van der Waals surface area contributed by atoms with Gasteiger partial charge in [0.15, 0.2) is 0 Å². The summed E-state index contributed by atoms with van der Waals surface area (Å²) in [6.07, 6.45) is 0. The molecule has 6 heteroatoms. The van der Waals surface area contributed by atoms with Crippen LogP contribution >= 0.6 is 19.2 Å². The van der Waals surface area contributed by atoms with Gasteiger partial charge in [0, 0.05) is 12.5 Å². The van der Waals surface area contributed by atoms with Gasteiger partial charge in [0.2, 0.25) is 0 Å². The van der Waals surface area contributed by atoms with Gasteiger partial charge in [-0.1, -0.05) is 11.6 Å². The van der Waals surface area contributed by atoms with Gasteiger partial charge in [-0.15, -0.1) is 0 Å². The fourth-order valence-corrected chi connectivity index (χ4v) is 1.80. The monoisotopic (exact) mass is 226 g/mol. The molecule has 0 rings (SSSR count). The molecule has 13 heavy (non-hydrogen) atoms. The lowest BCUT2D eigenvalue weighted by Crippen LogP contribution is -2.02. The summed E-state index contributed by atoms with van der Waals surface area (Å²) >= 11 is 5.29. The maximum atomic E-state index is 11.6. The predicted molar refractivity (Wildman–Crippen MR) is 50.6 cm³/mol. The molecule has 0 spiro atoms. The lowest BCUT2D eigenvalue weighted by molar-refractivity contribution is -0.111. The SMILES string of the molecule is CCOP(=O)(OC(C)=CCl)C(C)=O. The summed E-state index contributed by atoms with van der Waals surface area (Å²) in [5.41, 5.74) is 0.460. The van der Waals surface area contributed by atoms with E-state index in [0.29, 0.717) is 0 Å². The lowest BCUT2D eigenvalue weighted by atomic mass is 10.7. The number of hydrogen-bond acceptors (Lipinski definition) is 4. The van der Waals surface area contributed by atoms with E-state index in [2.05, 4.69) is 0 Å². The Morgan fingerprint density at radius 3 is 2.38 bits per heavy atom. The van der Waals surface area contributed by atoms with Gasteiger partial charge < -0.3 is 4.52 Å². The van der Waals surface area contributed by atoms with Crippen molar-refractivity contribution in [1.29, 1.82) is 0 Å². The smallest absolute Gasteiger partial charge is 0.423 e. The maximum Gasteiger partial charge on any atom is 0.445 e. The van der Waals surface area contributed by atoms with E-state index in [-0.39, 0.29) is 12.4 Å². The fourth-order valence-electron chi connectivity index (χ4n) is 0.561. The van der Waals surface area contributed by atoms with Crippen LogP contribution in [0.2, 0.25) is 0 Å². The Labute approximate surface area is 82.4 Å². The van der Waals surface area contributed by atoms with Crippen molar-refractivity contribution in [3.05, 3.63) is 11.3 Å². The molecule has 4 nitrogen and oxygen atoms in total. The Hall–Kier alpha value is -0.310. The van der Waals surface area contributed by atoms with E-state index in [9.17, 15) is 9.36 Å². The number of rotatable bonds is 5. The number of carbonyl (C=O) groups is 1. The first-order chi connectivity index (χ1) is 5.96. The Morgan fingerprint density at radius 2 is 2.08 bits per heavy atom. The number of halogens is 1. The number of allylic oxidation sites excluding steroid dienone is 1. The molecule has 0 heterocycles. The molecule has 0 aromatic rings. The van der Waals surface area contributed by atoms with E-state index in [1.165, 1.54) is 6.92 Å². The molecule has 0 aliphatic carbocycles. The highest BCUT2D eigenvalue weighted by molar-refractivity contribution is 7.71. The van der Waals surface area contributed by atoms with E-state index < -0.39 is 13.1 Å². The van der Waals surface area contributed by atoms with Gasteiger partial charge in [-0.05, 0) is 13.8 Å². The second-order valence-corrected chi connectivity index (χ2v) is 4.53. The summed E-state index contributed by atoms with van der Waals surface area (Å²) in [6, 6.07) is 0. The van der Waals surface area contributed by atoms with Crippen LogP contribution in [0.25, 0.3) is 0 Å². The molecule has 0 N–H and O–H groups in total. The molecule has 1 unspecified atom stereocenters. The van der Waals surface area contributed by atoms with Gasteiger partial charge in [-0.2, -0.15) is 0 Å². The summed E-state index contributed by atoms with van der Waals surface area (Å²) in [5, 5.41) is 0. The van der Waals surface area contributed by atoms with Crippen molar-refractivity contribution < 1.29 is 18.4 Å². The van der Waals surface area contributed by atoms with Gasteiger partial charge in [0.1, 0.15) is 5.76 Å². The molecule has 76 valence electrons. The standard InChI is InChI=1S/C7H12ClO4P/c1-4-11-13(10,7(3)9)12-6(2)5-8/h5H,4H2,1-3H3. The third-order valence-corrected chi connectivity index (χ3v) is 3.31.